The number of nitrogens with zero attached hydrogens (tertiary/aromatic N) is 2. The molecule has 0 spiro atoms. The first-order chi connectivity index (χ1) is 11.5. The average Bonchev–Trinajstić information content (AvgIpc) is 2.59. The second kappa shape index (κ2) is 8.18. The molecule has 24 heavy (non-hydrogen) atoms. The van der Waals surface area contributed by atoms with E-state index in [-0.39, 0.29) is 0 Å². The predicted octanol–water partition coefficient (Wildman–Crippen LogP) is 5.24. The van der Waals surface area contributed by atoms with Crippen molar-refractivity contribution in [3.63, 3.8) is 0 Å². The van der Waals surface area contributed by atoms with Gasteiger partial charge in [0.15, 0.2) is 0 Å². The average molecular weight is 365 g/mol. The van der Waals surface area contributed by atoms with Crippen molar-refractivity contribution in [2.75, 3.05) is 14.2 Å². The molecule has 0 saturated carbocycles. The monoisotopic (exact) mass is 364 g/mol. The van der Waals surface area contributed by atoms with Crippen LogP contribution in [0.15, 0.2) is 46.6 Å². The van der Waals surface area contributed by atoms with Crippen molar-refractivity contribution in [2.24, 2.45) is 10.2 Å². The topological polar surface area (TPSA) is 43.2 Å². The van der Waals surface area contributed by atoms with Gasteiger partial charge >= 0.3 is 0 Å². The minimum Gasteiger partial charge on any atom is -0.495 e. The van der Waals surface area contributed by atoms with Gasteiger partial charge in [-0.3, -0.25) is 0 Å². The Labute approximate surface area is 151 Å². The summed E-state index contributed by atoms with van der Waals surface area (Å²) < 4.78 is 10.3. The van der Waals surface area contributed by atoms with Crippen LogP contribution < -0.4 is 9.47 Å². The summed E-state index contributed by atoms with van der Waals surface area (Å²) in [6, 6.07) is 11.0. The lowest BCUT2D eigenvalue weighted by atomic mass is 10.1. The molecular weight excluding hydrogens is 347 g/mol. The van der Waals surface area contributed by atoms with E-state index in [0.29, 0.717) is 21.5 Å². The van der Waals surface area contributed by atoms with E-state index in [9.17, 15) is 0 Å². The number of hydrogen-bond acceptors (Lipinski definition) is 4. The fraction of sp³-hybridized carbons (Fsp3) is 0.222. The number of benzene rings is 2. The van der Waals surface area contributed by atoms with E-state index in [2.05, 4.69) is 10.2 Å². The Kier molecular flexibility index (Phi) is 6.23. The van der Waals surface area contributed by atoms with Crippen LogP contribution in [0, 0.1) is 0 Å². The molecule has 0 bridgehead atoms. The van der Waals surface area contributed by atoms with E-state index < -0.39 is 0 Å². The van der Waals surface area contributed by atoms with Gasteiger partial charge in [0, 0.05) is 0 Å². The van der Waals surface area contributed by atoms with Gasteiger partial charge in [-0.25, -0.2) is 0 Å². The van der Waals surface area contributed by atoms with Crippen molar-refractivity contribution >= 4 is 34.6 Å². The zero-order chi connectivity index (χ0) is 17.7. The van der Waals surface area contributed by atoms with Crippen LogP contribution >= 0.6 is 23.2 Å². The van der Waals surface area contributed by atoms with Crippen molar-refractivity contribution < 1.29 is 9.47 Å². The highest BCUT2D eigenvalue weighted by atomic mass is 35.5. The van der Waals surface area contributed by atoms with Crippen LogP contribution in [0.5, 0.6) is 11.5 Å². The third-order valence-corrected chi connectivity index (χ3v) is 4.08. The standard InChI is InChI=1S/C18H18Cl2N2O2/c1-11(13-5-7-17(23-3)15(19)9-13)21-22-12(2)14-6-8-18(24-4)16(20)10-14/h5-10H,1-4H3. The molecule has 0 heterocycles. The van der Waals surface area contributed by atoms with Gasteiger partial charge in [0.05, 0.1) is 35.7 Å². The first kappa shape index (κ1) is 18.3. The summed E-state index contributed by atoms with van der Waals surface area (Å²) in [5.74, 6) is 1.25. The maximum atomic E-state index is 6.14. The molecule has 0 unspecified atom stereocenters. The van der Waals surface area contributed by atoms with E-state index in [0.717, 1.165) is 22.6 Å². The van der Waals surface area contributed by atoms with E-state index in [1.54, 1.807) is 38.5 Å². The second-order valence-electron chi connectivity index (χ2n) is 5.07. The Morgan fingerprint density at radius 3 is 1.42 bits per heavy atom. The molecule has 6 heteroatoms. The third kappa shape index (κ3) is 4.28. The fourth-order valence-corrected chi connectivity index (χ4v) is 2.56. The van der Waals surface area contributed by atoms with E-state index in [1.807, 2.05) is 26.0 Å². The summed E-state index contributed by atoms with van der Waals surface area (Å²) in [4.78, 5) is 0. The van der Waals surface area contributed by atoms with Gasteiger partial charge in [-0.05, 0) is 61.4 Å². The van der Waals surface area contributed by atoms with Gasteiger partial charge in [-0.1, -0.05) is 23.2 Å². The van der Waals surface area contributed by atoms with Crippen LogP contribution in [0.2, 0.25) is 10.0 Å². The molecule has 2 aromatic carbocycles. The van der Waals surface area contributed by atoms with Gasteiger partial charge in [0.1, 0.15) is 11.5 Å². The van der Waals surface area contributed by atoms with Crippen molar-refractivity contribution in [1.29, 1.82) is 0 Å². The SMILES string of the molecule is COc1ccc(C(C)=NN=C(C)c2ccc(OC)c(Cl)c2)cc1Cl. The molecule has 0 saturated heterocycles. The first-order valence-corrected chi connectivity index (χ1v) is 7.98. The van der Waals surface area contributed by atoms with Crippen molar-refractivity contribution in [1.82, 2.24) is 0 Å². The number of rotatable bonds is 5. The normalized spacial score (nSPS) is 12.2. The number of hydrogen-bond donors (Lipinski definition) is 0. The molecule has 0 N–H and O–H groups in total. The second-order valence-corrected chi connectivity index (χ2v) is 5.88. The summed E-state index contributed by atoms with van der Waals surface area (Å²) >= 11 is 12.3. The first-order valence-electron chi connectivity index (χ1n) is 7.23. The molecule has 0 radical (unpaired) electrons. The number of halogens is 2. The van der Waals surface area contributed by atoms with E-state index in [4.69, 9.17) is 32.7 Å². The lowest BCUT2D eigenvalue weighted by Crippen LogP contribution is -1.98. The van der Waals surface area contributed by atoms with E-state index in [1.165, 1.54) is 0 Å². The molecule has 0 aliphatic rings. The number of methoxy groups -OCH3 is 2. The summed E-state index contributed by atoms with van der Waals surface area (Å²) in [6.07, 6.45) is 0. The summed E-state index contributed by atoms with van der Waals surface area (Å²) in [5, 5.41) is 9.61. The maximum Gasteiger partial charge on any atom is 0.137 e. The zero-order valence-electron chi connectivity index (χ0n) is 13.9. The molecule has 2 rings (SSSR count). The Morgan fingerprint density at radius 1 is 0.750 bits per heavy atom. The molecule has 0 fully saturated rings. The highest BCUT2D eigenvalue weighted by Gasteiger charge is 2.06. The van der Waals surface area contributed by atoms with Gasteiger partial charge in [-0.15, -0.1) is 0 Å². The smallest absolute Gasteiger partial charge is 0.137 e. The van der Waals surface area contributed by atoms with Crippen LogP contribution in [0.3, 0.4) is 0 Å². The minimum atomic E-state index is 0.534. The van der Waals surface area contributed by atoms with Gasteiger partial charge in [0.25, 0.3) is 0 Å². The molecular formula is C18H18Cl2N2O2. The molecule has 0 aromatic heterocycles. The van der Waals surface area contributed by atoms with Gasteiger partial charge < -0.3 is 9.47 Å². The minimum absolute atomic E-state index is 0.534. The lowest BCUT2D eigenvalue weighted by Gasteiger charge is -2.06. The highest BCUT2D eigenvalue weighted by molar-refractivity contribution is 6.32. The molecule has 0 aliphatic heterocycles. The lowest BCUT2D eigenvalue weighted by molar-refractivity contribution is 0.415. The summed E-state index contributed by atoms with van der Waals surface area (Å²) in [7, 11) is 3.16. The molecule has 126 valence electrons. The summed E-state index contributed by atoms with van der Waals surface area (Å²) in [5.41, 5.74) is 3.26. The van der Waals surface area contributed by atoms with E-state index >= 15 is 0 Å². The van der Waals surface area contributed by atoms with Crippen molar-refractivity contribution in [3.8, 4) is 11.5 Å². The van der Waals surface area contributed by atoms with Crippen LogP contribution in [-0.2, 0) is 0 Å². The van der Waals surface area contributed by atoms with Crippen LogP contribution in [0.25, 0.3) is 0 Å². The largest absolute Gasteiger partial charge is 0.495 e. The molecule has 2 aromatic rings. The number of ether oxygens (including phenoxy) is 2. The molecule has 4 nitrogen and oxygen atoms in total. The van der Waals surface area contributed by atoms with Crippen molar-refractivity contribution in [2.45, 2.75) is 13.8 Å². The Balaban J connectivity index is 2.25. The zero-order valence-corrected chi connectivity index (χ0v) is 15.4. The fourth-order valence-electron chi connectivity index (χ4n) is 2.05. The van der Waals surface area contributed by atoms with Crippen LogP contribution in [0.1, 0.15) is 25.0 Å². The summed E-state index contributed by atoms with van der Waals surface area (Å²) in [6.45, 7) is 3.74. The van der Waals surface area contributed by atoms with Crippen LogP contribution in [0.4, 0.5) is 0 Å². The van der Waals surface area contributed by atoms with Crippen LogP contribution in [-0.4, -0.2) is 25.6 Å². The third-order valence-electron chi connectivity index (χ3n) is 3.49. The molecule has 0 amide bonds. The van der Waals surface area contributed by atoms with Crippen molar-refractivity contribution in [3.05, 3.63) is 57.6 Å². The molecule has 0 atom stereocenters. The Bertz CT molecular complexity index is 734. The predicted molar refractivity (Wildman–Crippen MR) is 100 cm³/mol. The van der Waals surface area contributed by atoms with Gasteiger partial charge in [0.2, 0.25) is 0 Å². The quantitative estimate of drug-likeness (QED) is 0.537. The molecule has 0 aliphatic carbocycles. The Morgan fingerprint density at radius 2 is 1.12 bits per heavy atom. The highest BCUT2D eigenvalue weighted by Crippen LogP contribution is 2.26. The Hall–Kier alpha value is -2.04. The maximum absolute atomic E-state index is 6.14. The van der Waals surface area contributed by atoms with Gasteiger partial charge in [-0.2, -0.15) is 10.2 Å².